The number of fused-ring (bicyclic) bond motifs is 1. The molecule has 0 bridgehead atoms. The van der Waals surface area contributed by atoms with E-state index in [2.05, 4.69) is 21.6 Å². The number of aromatic nitrogens is 2. The van der Waals surface area contributed by atoms with Crippen LogP contribution in [0.2, 0.25) is 0 Å². The van der Waals surface area contributed by atoms with Gasteiger partial charge < -0.3 is 14.5 Å². The van der Waals surface area contributed by atoms with Gasteiger partial charge in [0.15, 0.2) is 5.82 Å². The van der Waals surface area contributed by atoms with Gasteiger partial charge >= 0.3 is 0 Å². The minimum atomic E-state index is -0.540. The van der Waals surface area contributed by atoms with Crippen molar-refractivity contribution in [2.75, 3.05) is 6.54 Å². The van der Waals surface area contributed by atoms with E-state index in [4.69, 9.17) is 4.52 Å². The minimum absolute atomic E-state index is 0.0711. The first-order valence-electron chi connectivity index (χ1n) is 7.98. The molecule has 2 aromatic heterocycles. The molecule has 1 saturated heterocycles. The van der Waals surface area contributed by atoms with Crippen molar-refractivity contribution >= 4 is 17.2 Å². The second-order valence-electron chi connectivity index (χ2n) is 6.32. The highest BCUT2D eigenvalue weighted by Gasteiger charge is 2.42. The fraction of sp³-hybridized carbons (Fsp3) is 0.562. The van der Waals surface area contributed by atoms with E-state index in [9.17, 15) is 9.90 Å². The Kier molecular flexibility index (Phi) is 3.69. The van der Waals surface area contributed by atoms with Crippen molar-refractivity contribution in [2.24, 2.45) is 0 Å². The molecule has 6 nitrogen and oxygen atoms in total. The molecule has 122 valence electrons. The number of likely N-dealkylation sites (tertiary alicyclic amines) is 1. The summed E-state index contributed by atoms with van der Waals surface area (Å²) in [4.78, 5) is 20.4. The number of nitrogens with zero attached hydrogens (tertiary/aromatic N) is 3. The van der Waals surface area contributed by atoms with Gasteiger partial charge in [-0.3, -0.25) is 4.79 Å². The third-order valence-electron chi connectivity index (χ3n) is 4.74. The summed E-state index contributed by atoms with van der Waals surface area (Å²) in [6.45, 7) is 2.09. The molecule has 3 heterocycles. The molecule has 0 radical (unpaired) electrons. The quantitative estimate of drug-likeness (QED) is 0.911. The Labute approximate surface area is 138 Å². The molecule has 2 aliphatic rings. The van der Waals surface area contributed by atoms with E-state index < -0.39 is 6.10 Å². The first-order chi connectivity index (χ1) is 11.1. The van der Waals surface area contributed by atoms with Crippen molar-refractivity contribution in [1.29, 1.82) is 0 Å². The molecule has 23 heavy (non-hydrogen) atoms. The Balaban J connectivity index is 1.62. The van der Waals surface area contributed by atoms with Crippen LogP contribution >= 0.6 is 11.3 Å². The highest BCUT2D eigenvalue weighted by molar-refractivity contribution is 7.10. The number of hydrogen-bond donors (Lipinski definition) is 1. The topological polar surface area (TPSA) is 79.5 Å². The SMILES string of the molecule is Cc1noc([C@H]2C[C@@H](O)CN2C(=O)C2CCCc3sccc32)n1. The number of β-amino-alcohol motifs (C(OH)–C–C–N with tert-alkyl or cyclic N) is 1. The number of rotatable bonds is 2. The number of hydrogen-bond acceptors (Lipinski definition) is 6. The van der Waals surface area contributed by atoms with Crippen LogP contribution in [0.4, 0.5) is 0 Å². The van der Waals surface area contributed by atoms with Crippen LogP contribution in [0.5, 0.6) is 0 Å². The molecule has 0 aromatic carbocycles. The lowest BCUT2D eigenvalue weighted by molar-refractivity contribution is -0.134. The smallest absolute Gasteiger partial charge is 0.249 e. The van der Waals surface area contributed by atoms with Gasteiger partial charge in [-0.25, -0.2) is 0 Å². The van der Waals surface area contributed by atoms with Crippen LogP contribution in [0.1, 0.15) is 53.4 Å². The normalized spacial score (nSPS) is 27.2. The maximum atomic E-state index is 13.1. The second-order valence-corrected chi connectivity index (χ2v) is 7.32. The highest BCUT2D eigenvalue weighted by Crippen LogP contribution is 2.40. The molecular weight excluding hydrogens is 314 g/mol. The van der Waals surface area contributed by atoms with Gasteiger partial charge in [-0.1, -0.05) is 5.16 Å². The number of carbonyl (C=O) groups excluding carboxylic acids is 1. The Hall–Kier alpha value is -1.73. The highest BCUT2D eigenvalue weighted by atomic mass is 32.1. The first kappa shape index (κ1) is 14.8. The fourth-order valence-electron chi connectivity index (χ4n) is 3.68. The third kappa shape index (κ3) is 2.57. The van der Waals surface area contributed by atoms with Crippen LogP contribution in [0.3, 0.4) is 0 Å². The van der Waals surface area contributed by atoms with Crippen molar-refractivity contribution < 1.29 is 14.4 Å². The lowest BCUT2D eigenvalue weighted by atomic mass is 9.86. The molecule has 1 aliphatic heterocycles. The molecule has 0 spiro atoms. The largest absolute Gasteiger partial charge is 0.391 e. The van der Waals surface area contributed by atoms with E-state index in [0.29, 0.717) is 24.7 Å². The van der Waals surface area contributed by atoms with E-state index in [1.807, 2.05) is 0 Å². The van der Waals surface area contributed by atoms with E-state index in [1.165, 1.54) is 4.88 Å². The molecule has 1 unspecified atom stereocenters. The van der Waals surface area contributed by atoms with Gasteiger partial charge in [0.2, 0.25) is 11.8 Å². The van der Waals surface area contributed by atoms with E-state index in [0.717, 1.165) is 24.8 Å². The standard InChI is InChI=1S/C16H19N3O3S/c1-9-17-15(22-18-9)13-7-10(20)8-19(13)16(21)12-3-2-4-14-11(12)5-6-23-14/h5-6,10,12-13,20H,2-4,7-8H2,1H3/t10-,12?,13-/m1/s1. The van der Waals surface area contributed by atoms with Gasteiger partial charge in [0.25, 0.3) is 0 Å². The predicted molar refractivity (Wildman–Crippen MR) is 84.1 cm³/mol. The van der Waals surface area contributed by atoms with Crippen LogP contribution in [0.25, 0.3) is 0 Å². The lowest BCUT2D eigenvalue weighted by Crippen LogP contribution is -2.36. The molecular formula is C16H19N3O3S. The van der Waals surface area contributed by atoms with Crippen LogP contribution < -0.4 is 0 Å². The summed E-state index contributed by atoms with van der Waals surface area (Å²) in [5.74, 6) is 0.934. The van der Waals surface area contributed by atoms with Gasteiger partial charge in [-0.15, -0.1) is 11.3 Å². The summed E-state index contributed by atoms with van der Waals surface area (Å²) < 4.78 is 5.25. The van der Waals surface area contributed by atoms with Crippen molar-refractivity contribution in [2.45, 2.75) is 50.7 Å². The average Bonchev–Trinajstić information content (AvgIpc) is 3.24. The Morgan fingerprint density at radius 1 is 1.52 bits per heavy atom. The molecule has 0 saturated carbocycles. The van der Waals surface area contributed by atoms with E-state index in [1.54, 1.807) is 23.2 Å². The maximum Gasteiger partial charge on any atom is 0.249 e. The summed E-state index contributed by atoms with van der Waals surface area (Å²) in [5, 5.41) is 15.9. The molecule has 1 fully saturated rings. The van der Waals surface area contributed by atoms with Gasteiger partial charge in [0.1, 0.15) is 6.04 Å². The van der Waals surface area contributed by atoms with Crippen LogP contribution in [0.15, 0.2) is 16.0 Å². The van der Waals surface area contributed by atoms with Gasteiger partial charge in [0.05, 0.1) is 12.0 Å². The zero-order valence-corrected chi connectivity index (χ0v) is 13.8. The molecule has 4 rings (SSSR count). The zero-order chi connectivity index (χ0) is 16.0. The van der Waals surface area contributed by atoms with Gasteiger partial charge in [-0.2, -0.15) is 4.98 Å². The lowest BCUT2D eigenvalue weighted by Gasteiger charge is -2.29. The third-order valence-corrected chi connectivity index (χ3v) is 5.74. The molecule has 2 aromatic rings. The molecule has 7 heteroatoms. The van der Waals surface area contributed by atoms with Crippen molar-refractivity contribution in [3.05, 3.63) is 33.6 Å². The maximum absolute atomic E-state index is 13.1. The Bertz CT molecular complexity index is 726. The average molecular weight is 333 g/mol. The minimum Gasteiger partial charge on any atom is -0.391 e. The molecule has 1 amide bonds. The summed E-state index contributed by atoms with van der Waals surface area (Å²) in [5.41, 5.74) is 1.16. The van der Waals surface area contributed by atoms with E-state index in [-0.39, 0.29) is 17.9 Å². The number of aryl methyl sites for hydroxylation is 2. The number of aliphatic hydroxyl groups is 1. The van der Waals surface area contributed by atoms with Crippen molar-refractivity contribution in [3.8, 4) is 0 Å². The van der Waals surface area contributed by atoms with E-state index >= 15 is 0 Å². The fourth-order valence-corrected chi connectivity index (χ4v) is 4.67. The number of amides is 1. The molecule has 1 N–H and O–H groups in total. The van der Waals surface area contributed by atoms with Crippen LogP contribution in [-0.2, 0) is 11.2 Å². The van der Waals surface area contributed by atoms with Gasteiger partial charge in [-0.05, 0) is 43.2 Å². The second kappa shape index (κ2) is 5.72. The van der Waals surface area contributed by atoms with Crippen molar-refractivity contribution in [3.63, 3.8) is 0 Å². The van der Waals surface area contributed by atoms with Crippen LogP contribution in [0, 0.1) is 6.92 Å². The number of thiophene rings is 1. The van der Waals surface area contributed by atoms with Crippen LogP contribution in [-0.4, -0.2) is 38.7 Å². The Morgan fingerprint density at radius 3 is 3.17 bits per heavy atom. The summed E-state index contributed by atoms with van der Waals surface area (Å²) in [6, 6.07) is 1.75. The number of carbonyl (C=O) groups is 1. The molecule has 3 atom stereocenters. The van der Waals surface area contributed by atoms with Gasteiger partial charge in [0, 0.05) is 17.8 Å². The first-order valence-corrected chi connectivity index (χ1v) is 8.86. The predicted octanol–water partition coefficient (Wildman–Crippen LogP) is 2.19. The zero-order valence-electron chi connectivity index (χ0n) is 12.9. The van der Waals surface area contributed by atoms with Crippen molar-refractivity contribution in [1.82, 2.24) is 15.0 Å². The Morgan fingerprint density at radius 2 is 2.39 bits per heavy atom. The number of aliphatic hydroxyl groups excluding tert-OH is 1. The summed E-state index contributed by atoms with van der Waals surface area (Å²) >= 11 is 1.73. The summed E-state index contributed by atoms with van der Waals surface area (Å²) in [6.07, 6.45) is 2.87. The molecule has 1 aliphatic carbocycles. The summed E-state index contributed by atoms with van der Waals surface area (Å²) in [7, 11) is 0. The monoisotopic (exact) mass is 333 g/mol.